The van der Waals surface area contributed by atoms with Crippen LogP contribution in [0.2, 0.25) is 5.02 Å². The number of ether oxygens (including phenoxy) is 1. The molecule has 3 rings (SSSR count). The maximum absolute atomic E-state index is 11.1. The minimum Gasteiger partial charge on any atom is -0.478 e. The lowest BCUT2D eigenvalue weighted by Gasteiger charge is -2.37. The average Bonchev–Trinajstić information content (AvgIpc) is 2.77. The second-order valence-electron chi connectivity index (χ2n) is 7.01. The van der Waals surface area contributed by atoms with E-state index < -0.39 is 5.97 Å². The quantitative estimate of drug-likeness (QED) is 0.396. The van der Waals surface area contributed by atoms with Crippen molar-refractivity contribution in [3.05, 3.63) is 59.1 Å². The molecule has 1 aliphatic heterocycles. The van der Waals surface area contributed by atoms with Crippen LogP contribution in [-0.4, -0.2) is 68.4 Å². The van der Waals surface area contributed by atoms with Crippen molar-refractivity contribution >= 4 is 34.9 Å². The molecule has 1 saturated heterocycles. The fraction of sp³-hybridized carbons (Fsp3) is 0.364. The van der Waals surface area contributed by atoms with Crippen molar-refractivity contribution in [2.75, 3.05) is 56.7 Å². The van der Waals surface area contributed by atoms with E-state index in [9.17, 15) is 4.79 Å². The zero-order chi connectivity index (χ0) is 21.3. The lowest BCUT2D eigenvalue weighted by molar-refractivity contribution is 0.0697. The van der Waals surface area contributed by atoms with Gasteiger partial charge < -0.3 is 25.0 Å². The van der Waals surface area contributed by atoms with Gasteiger partial charge in [-0.25, -0.2) is 4.79 Å². The summed E-state index contributed by atoms with van der Waals surface area (Å²) in [5.74, 6) is -0.140. The summed E-state index contributed by atoms with van der Waals surface area (Å²) in [7, 11) is 1.68. The number of aliphatic imine (C=N–C) groups is 1. The Balaban J connectivity index is 1.66. The zero-order valence-electron chi connectivity index (χ0n) is 17.1. The smallest absolute Gasteiger partial charge is 0.335 e. The monoisotopic (exact) mass is 430 g/mol. The number of carboxylic acid groups (broad SMARTS) is 1. The van der Waals surface area contributed by atoms with Crippen molar-refractivity contribution in [3.8, 4) is 0 Å². The number of carboxylic acids is 1. The predicted octanol–water partition coefficient (Wildman–Crippen LogP) is 3.66. The first-order valence-electron chi connectivity index (χ1n) is 9.96. The van der Waals surface area contributed by atoms with Crippen molar-refractivity contribution in [2.24, 2.45) is 4.99 Å². The van der Waals surface area contributed by atoms with Gasteiger partial charge in [-0.05, 0) is 55.0 Å². The first kappa shape index (κ1) is 21.9. The van der Waals surface area contributed by atoms with Crippen LogP contribution in [0.3, 0.4) is 0 Å². The van der Waals surface area contributed by atoms with E-state index in [0.717, 1.165) is 55.0 Å². The molecule has 0 radical (unpaired) electrons. The van der Waals surface area contributed by atoms with Gasteiger partial charge in [-0.3, -0.25) is 4.99 Å². The Morgan fingerprint density at radius 1 is 1.10 bits per heavy atom. The lowest BCUT2D eigenvalue weighted by Crippen LogP contribution is -2.50. The van der Waals surface area contributed by atoms with Gasteiger partial charge >= 0.3 is 5.97 Å². The molecule has 1 aliphatic rings. The molecule has 30 heavy (non-hydrogen) atoms. The highest BCUT2D eigenvalue weighted by Gasteiger charge is 2.20. The molecule has 2 aromatic carbocycles. The zero-order valence-corrected chi connectivity index (χ0v) is 17.8. The number of halogens is 1. The van der Waals surface area contributed by atoms with E-state index in [2.05, 4.69) is 15.1 Å². The Labute approximate surface area is 181 Å². The number of anilines is 2. The first-order chi connectivity index (χ1) is 14.6. The summed E-state index contributed by atoms with van der Waals surface area (Å²) in [4.78, 5) is 20.4. The second kappa shape index (κ2) is 10.8. The van der Waals surface area contributed by atoms with Crippen LogP contribution in [0.4, 0.5) is 11.4 Å². The van der Waals surface area contributed by atoms with E-state index in [0.29, 0.717) is 13.2 Å². The topological polar surface area (TPSA) is 77.4 Å². The van der Waals surface area contributed by atoms with Crippen LogP contribution in [0.1, 0.15) is 16.8 Å². The fourth-order valence-electron chi connectivity index (χ4n) is 3.27. The SMILES string of the molecule is COCCCN=C(Nc1ccc(C(=O)O)cc1)N1CCN(c2ccc(Cl)cc2)CC1. The van der Waals surface area contributed by atoms with Crippen LogP contribution >= 0.6 is 11.6 Å². The number of nitrogens with one attached hydrogen (secondary N) is 1. The number of rotatable bonds is 7. The van der Waals surface area contributed by atoms with Crippen molar-refractivity contribution in [1.29, 1.82) is 0 Å². The molecule has 0 atom stereocenters. The summed E-state index contributed by atoms with van der Waals surface area (Å²) in [5, 5.41) is 13.2. The summed E-state index contributed by atoms with van der Waals surface area (Å²) in [5.41, 5.74) is 2.23. The van der Waals surface area contributed by atoms with Gasteiger partial charge in [-0.15, -0.1) is 0 Å². The summed E-state index contributed by atoms with van der Waals surface area (Å²) < 4.78 is 5.12. The maximum Gasteiger partial charge on any atom is 0.335 e. The first-order valence-corrected chi connectivity index (χ1v) is 10.3. The van der Waals surface area contributed by atoms with Gasteiger partial charge in [-0.1, -0.05) is 11.6 Å². The number of piperazine rings is 1. The average molecular weight is 431 g/mol. The van der Waals surface area contributed by atoms with E-state index in [4.69, 9.17) is 26.4 Å². The normalized spacial score (nSPS) is 14.7. The maximum atomic E-state index is 11.1. The molecular weight excluding hydrogens is 404 g/mol. The van der Waals surface area contributed by atoms with Crippen LogP contribution in [0.15, 0.2) is 53.5 Å². The Morgan fingerprint density at radius 2 is 1.77 bits per heavy atom. The second-order valence-corrected chi connectivity index (χ2v) is 7.45. The van der Waals surface area contributed by atoms with Crippen LogP contribution in [-0.2, 0) is 4.74 Å². The number of hydrogen-bond acceptors (Lipinski definition) is 4. The Hall–Kier alpha value is -2.77. The van der Waals surface area contributed by atoms with Crippen molar-refractivity contribution in [2.45, 2.75) is 6.42 Å². The van der Waals surface area contributed by atoms with Gasteiger partial charge in [0.05, 0.1) is 5.56 Å². The number of methoxy groups -OCH3 is 1. The van der Waals surface area contributed by atoms with Crippen molar-refractivity contribution in [1.82, 2.24) is 4.90 Å². The van der Waals surface area contributed by atoms with Gasteiger partial charge in [0.25, 0.3) is 0 Å². The molecule has 1 fully saturated rings. The van der Waals surface area contributed by atoms with Crippen LogP contribution in [0, 0.1) is 0 Å². The highest BCUT2D eigenvalue weighted by Crippen LogP contribution is 2.20. The van der Waals surface area contributed by atoms with Gasteiger partial charge in [-0.2, -0.15) is 0 Å². The van der Waals surface area contributed by atoms with Crippen LogP contribution in [0.5, 0.6) is 0 Å². The van der Waals surface area contributed by atoms with E-state index in [-0.39, 0.29) is 5.56 Å². The van der Waals surface area contributed by atoms with Gasteiger partial charge in [0.2, 0.25) is 0 Å². The molecule has 7 nitrogen and oxygen atoms in total. The van der Waals surface area contributed by atoms with E-state index >= 15 is 0 Å². The van der Waals surface area contributed by atoms with Crippen molar-refractivity contribution in [3.63, 3.8) is 0 Å². The molecule has 2 N–H and O–H groups in total. The number of carbonyl (C=O) groups is 1. The standard InChI is InChI=1S/C22H27ClN4O3/c1-30-16-2-11-24-22(25-19-7-3-17(4-8-19)21(28)29)27-14-12-26(13-15-27)20-9-5-18(23)6-10-20/h3-10H,2,11-16H2,1H3,(H,24,25)(H,28,29). The number of benzene rings is 2. The van der Waals surface area contributed by atoms with E-state index in [1.165, 1.54) is 0 Å². The van der Waals surface area contributed by atoms with Gasteiger partial charge in [0.1, 0.15) is 0 Å². The molecule has 1 heterocycles. The number of guanidine groups is 1. The summed E-state index contributed by atoms with van der Waals surface area (Å²) in [6.45, 7) is 4.71. The summed E-state index contributed by atoms with van der Waals surface area (Å²) in [6.07, 6.45) is 0.838. The molecule has 8 heteroatoms. The summed E-state index contributed by atoms with van der Waals surface area (Å²) >= 11 is 6.00. The summed E-state index contributed by atoms with van der Waals surface area (Å²) in [6, 6.07) is 14.6. The third kappa shape index (κ3) is 6.11. The molecule has 0 bridgehead atoms. The largest absolute Gasteiger partial charge is 0.478 e. The number of aromatic carboxylic acids is 1. The number of nitrogens with zero attached hydrogens (tertiary/aromatic N) is 3. The molecular formula is C22H27ClN4O3. The molecule has 0 aliphatic carbocycles. The highest BCUT2D eigenvalue weighted by atomic mass is 35.5. The fourth-order valence-corrected chi connectivity index (χ4v) is 3.39. The predicted molar refractivity (Wildman–Crippen MR) is 121 cm³/mol. The number of hydrogen-bond donors (Lipinski definition) is 2. The van der Waals surface area contributed by atoms with Crippen LogP contribution < -0.4 is 10.2 Å². The molecule has 2 aromatic rings. The van der Waals surface area contributed by atoms with Gasteiger partial charge in [0.15, 0.2) is 5.96 Å². The Bertz CT molecular complexity index is 848. The minimum atomic E-state index is -0.937. The molecule has 0 spiro atoms. The van der Waals surface area contributed by atoms with Gasteiger partial charge in [0, 0.05) is 62.8 Å². The Kier molecular flexibility index (Phi) is 7.93. The van der Waals surface area contributed by atoms with E-state index in [1.54, 1.807) is 31.4 Å². The van der Waals surface area contributed by atoms with E-state index in [1.807, 2.05) is 24.3 Å². The van der Waals surface area contributed by atoms with Crippen molar-refractivity contribution < 1.29 is 14.6 Å². The molecule has 0 unspecified atom stereocenters. The third-order valence-corrected chi connectivity index (χ3v) is 5.18. The Morgan fingerprint density at radius 3 is 2.37 bits per heavy atom. The highest BCUT2D eigenvalue weighted by molar-refractivity contribution is 6.30. The molecule has 0 saturated carbocycles. The third-order valence-electron chi connectivity index (χ3n) is 4.93. The lowest BCUT2D eigenvalue weighted by atomic mass is 10.2. The van der Waals surface area contributed by atoms with Crippen LogP contribution in [0.25, 0.3) is 0 Å². The molecule has 160 valence electrons. The molecule has 0 aromatic heterocycles. The molecule has 0 amide bonds. The minimum absolute atomic E-state index is 0.260.